The molecule has 0 aliphatic rings. The molecule has 2 heterocycles. The quantitative estimate of drug-likeness (QED) is 0.483. The number of aromatic nitrogens is 2. The second-order valence-electron chi connectivity index (χ2n) is 4.11. The van der Waals surface area contributed by atoms with Crippen LogP contribution in [0.4, 0.5) is 0 Å². The Labute approximate surface area is 144 Å². The molecule has 2 aromatic heterocycles. The van der Waals surface area contributed by atoms with Gasteiger partial charge in [0, 0.05) is 5.02 Å². The Kier molecular flexibility index (Phi) is 4.22. The number of rotatable bonds is 2. The largest absolute Gasteiger partial charge is 0.460 e. The Bertz CT molecular complexity index is 779. The number of halogens is 4. The van der Waals surface area contributed by atoms with Crippen molar-refractivity contribution >= 4 is 50.7 Å². The van der Waals surface area contributed by atoms with Crippen LogP contribution in [0.15, 0.2) is 45.5 Å². The summed E-state index contributed by atoms with van der Waals surface area (Å²) in [6.45, 7) is 0. The highest BCUT2D eigenvalue weighted by Gasteiger charge is 2.17. The zero-order valence-electron chi connectivity index (χ0n) is 10.3. The molecule has 0 N–H and O–H groups in total. The van der Waals surface area contributed by atoms with Crippen LogP contribution in [0, 0.1) is 0 Å². The Hall–Kier alpha value is -1.07. The standard InChI is InChI=1S/C14H6BrCl3N2O/c15-9-5-6-21-11(9)14-19-12(17)10(13(18)20-14)7-1-3-8(16)4-2-7/h1-6H. The SMILES string of the molecule is Clc1ccc(-c2c(Cl)nc(-c3occc3Br)nc2Cl)cc1. The van der Waals surface area contributed by atoms with Gasteiger partial charge in [-0.15, -0.1) is 0 Å². The maximum absolute atomic E-state index is 6.25. The molecule has 3 rings (SSSR count). The Morgan fingerprint density at radius 1 is 0.905 bits per heavy atom. The number of furan rings is 1. The van der Waals surface area contributed by atoms with Gasteiger partial charge >= 0.3 is 0 Å². The molecule has 7 heteroatoms. The van der Waals surface area contributed by atoms with E-state index in [1.165, 1.54) is 6.26 Å². The van der Waals surface area contributed by atoms with E-state index >= 15 is 0 Å². The van der Waals surface area contributed by atoms with Crippen LogP contribution in [-0.2, 0) is 0 Å². The molecule has 0 aliphatic carbocycles. The molecule has 0 fully saturated rings. The van der Waals surface area contributed by atoms with Crippen molar-refractivity contribution in [3.8, 4) is 22.7 Å². The van der Waals surface area contributed by atoms with Crippen molar-refractivity contribution in [1.29, 1.82) is 0 Å². The van der Waals surface area contributed by atoms with Gasteiger partial charge in [-0.3, -0.25) is 0 Å². The molecule has 0 atom stereocenters. The van der Waals surface area contributed by atoms with Crippen LogP contribution in [0.25, 0.3) is 22.7 Å². The van der Waals surface area contributed by atoms with E-state index in [0.29, 0.717) is 22.2 Å². The minimum absolute atomic E-state index is 0.246. The van der Waals surface area contributed by atoms with Crippen molar-refractivity contribution in [2.75, 3.05) is 0 Å². The fraction of sp³-hybridized carbons (Fsp3) is 0. The van der Waals surface area contributed by atoms with Crippen LogP contribution in [0.5, 0.6) is 0 Å². The lowest BCUT2D eigenvalue weighted by Gasteiger charge is -2.08. The van der Waals surface area contributed by atoms with Crippen molar-refractivity contribution in [1.82, 2.24) is 9.97 Å². The van der Waals surface area contributed by atoms with Gasteiger partial charge in [-0.1, -0.05) is 46.9 Å². The van der Waals surface area contributed by atoms with Gasteiger partial charge in [0.25, 0.3) is 0 Å². The van der Waals surface area contributed by atoms with Gasteiger partial charge in [-0.25, -0.2) is 9.97 Å². The smallest absolute Gasteiger partial charge is 0.199 e. The molecule has 1 aromatic carbocycles. The van der Waals surface area contributed by atoms with Crippen LogP contribution in [-0.4, -0.2) is 9.97 Å². The van der Waals surface area contributed by atoms with Gasteiger partial charge in [-0.2, -0.15) is 0 Å². The van der Waals surface area contributed by atoms with Gasteiger partial charge in [0.1, 0.15) is 10.3 Å². The van der Waals surface area contributed by atoms with Crippen molar-refractivity contribution in [2.45, 2.75) is 0 Å². The first kappa shape index (κ1) is 14.9. The van der Waals surface area contributed by atoms with Crippen molar-refractivity contribution in [2.24, 2.45) is 0 Å². The summed E-state index contributed by atoms with van der Waals surface area (Å²) in [5, 5.41) is 1.12. The fourth-order valence-electron chi connectivity index (χ4n) is 1.82. The first-order chi connectivity index (χ1) is 10.1. The molecule has 0 saturated heterocycles. The molecular weight excluding hydrogens is 398 g/mol. The van der Waals surface area contributed by atoms with E-state index in [0.717, 1.165) is 10.0 Å². The molecule has 0 unspecified atom stereocenters. The van der Waals surface area contributed by atoms with E-state index in [1.807, 2.05) is 0 Å². The van der Waals surface area contributed by atoms with E-state index in [4.69, 9.17) is 39.2 Å². The van der Waals surface area contributed by atoms with Crippen molar-refractivity contribution < 1.29 is 4.42 Å². The lowest BCUT2D eigenvalue weighted by molar-refractivity contribution is 0.576. The minimum atomic E-state index is 0.246. The molecule has 106 valence electrons. The maximum Gasteiger partial charge on any atom is 0.199 e. The zero-order chi connectivity index (χ0) is 15.0. The topological polar surface area (TPSA) is 38.9 Å². The van der Waals surface area contributed by atoms with E-state index in [2.05, 4.69) is 25.9 Å². The second-order valence-corrected chi connectivity index (χ2v) is 6.12. The molecule has 0 amide bonds. The molecule has 3 aromatic rings. The summed E-state index contributed by atoms with van der Waals surface area (Å²) in [4.78, 5) is 8.50. The van der Waals surface area contributed by atoms with Crippen LogP contribution in [0.3, 0.4) is 0 Å². The maximum atomic E-state index is 6.25. The third-order valence-electron chi connectivity index (χ3n) is 2.77. The summed E-state index contributed by atoms with van der Waals surface area (Å²) in [5.41, 5.74) is 1.35. The first-order valence-electron chi connectivity index (χ1n) is 5.78. The summed E-state index contributed by atoms with van der Waals surface area (Å²) in [5.74, 6) is 0.793. The molecule has 0 aliphatic heterocycles. The van der Waals surface area contributed by atoms with Crippen LogP contribution < -0.4 is 0 Å². The molecule has 3 nitrogen and oxygen atoms in total. The number of hydrogen-bond donors (Lipinski definition) is 0. The molecule has 0 bridgehead atoms. The molecule has 0 saturated carbocycles. The molecule has 21 heavy (non-hydrogen) atoms. The van der Waals surface area contributed by atoms with Crippen molar-refractivity contribution in [3.05, 3.63) is 56.4 Å². The van der Waals surface area contributed by atoms with E-state index in [9.17, 15) is 0 Å². The second kappa shape index (κ2) is 5.97. The number of nitrogens with zero attached hydrogens (tertiary/aromatic N) is 2. The number of hydrogen-bond acceptors (Lipinski definition) is 3. The van der Waals surface area contributed by atoms with E-state index in [1.54, 1.807) is 30.3 Å². The normalized spacial score (nSPS) is 10.9. The third-order valence-corrected chi connectivity index (χ3v) is 4.20. The Balaban J connectivity index is 2.13. The van der Waals surface area contributed by atoms with Gasteiger partial charge < -0.3 is 4.42 Å². The van der Waals surface area contributed by atoms with E-state index in [-0.39, 0.29) is 10.3 Å². The lowest BCUT2D eigenvalue weighted by atomic mass is 10.1. The van der Waals surface area contributed by atoms with Gasteiger partial charge in [0.05, 0.1) is 16.3 Å². The summed E-state index contributed by atoms with van der Waals surface area (Å²) in [6.07, 6.45) is 1.53. The average Bonchev–Trinajstić information content (AvgIpc) is 2.86. The predicted molar refractivity (Wildman–Crippen MR) is 87.9 cm³/mol. The van der Waals surface area contributed by atoms with Crippen LogP contribution in [0.1, 0.15) is 0 Å². The first-order valence-corrected chi connectivity index (χ1v) is 7.71. The van der Waals surface area contributed by atoms with Gasteiger partial charge in [-0.05, 0) is 39.7 Å². The van der Waals surface area contributed by atoms with Gasteiger partial charge in [0.15, 0.2) is 11.6 Å². The zero-order valence-corrected chi connectivity index (χ0v) is 14.1. The Morgan fingerprint density at radius 3 is 2.05 bits per heavy atom. The highest BCUT2D eigenvalue weighted by Crippen LogP contribution is 2.36. The molecular formula is C14H6BrCl3N2O. The summed E-state index contributed by atoms with van der Waals surface area (Å²) >= 11 is 21.7. The average molecular weight is 404 g/mol. The summed E-state index contributed by atoms with van der Waals surface area (Å²) < 4.78 is 6.05. The Morgan fingerprint density at radius 2 is 1.52 bits per heavy atom. The highest BCUT2D eigenvalue weighted by molar-refractivity contribution is 9.10. The third kappa shape index (κ3) is 2.94. The minimum Gasteiger partial charge on any atom is -0.460 e. The number of benzene rings is 1. The summed E-state index contributed by atoms with van der Waals surface area (Å²) in [7, 11) is 0. The summed E-state index contributed by atoms with van der Waals surface area (Å²) in [6, 6.07) is 8.86. The lowest BCUT2D eigenvalue weighted by Crippen LogP contribution is -1.94. The van der Waals surface area contributed by atoms with E-state index < -0.39 is 0 Å². The fourth-order valence-corrected chi connectivity index (χ4v) is 2.93. The van der Waals surface area contributed by atoms with Gasteiger partial charge in [0.2, 0.25) is 0 Å². The van der Waals surface area contributed by atoms with Crippen molar-refractivity contribution in [3.63, 3.8) is 0 Å². The van der Waals surface area contributed by atoms with Crippen LogP contribution >= 0.6 is 50.7 Å². The van der Waals surface area contributed by atoms with Crippen LogP contribution in [0.2, 0.25) is 15.3 Å². The molecule has 0 spiro atoms. The monoisotopic (exact) mass is 402 g/mol. The molecule has 0 radical (unpaired) electrons. The predicted octanol–water partition coefficient (Wildman–Crippen LogP) is 6.13. The highest BCUT2D eigenvalue weighted by atomic mass is 79.9.